The Morgan fingerprint density at radius 2 is 1.76 bits per heavy atom. The highest BCUT2D eigenvalue weighted by Gasteiger charge is 2.28. The molecule has 0 spiro atoms. The van der Waals surface area contributed by atoms with Gasteiger partial charge in [-0.25, -0.2) is 9.59 Å². The maximum Gasteiger partial charge on any atom is 0.405 e. The molecular weight excluding hydrogens is 224 g/mol. The zero-order valence-corrected chi connectivity index (χ0v) is 10.7. The van der Waals surface area contributed by atoms with Crippen molar-refractivity contribution in [1.82, 2.24) is 0 Å². The normalized spacial score (nSPS) is 12.9. The zero-order chi connectivity index (χ0) is 13.5. The fourth-order valence-corrected chi connectivity index (χ4v) is 1.43. The number of hydrogen-bond acceptors (Lipinski definition) is 4. The standard InChI is InChI=1S/C11H22N2O4/c1-8(11(2,3)17-10(13)15)6-4-5-7-16-9(12)14/h8H,4-7H2,1-3H3,(H2,12,14)(H2,13,15). The first-order chi connectivity index (χ1) is 7.75. The van der Waals surface area contributed by atoms with Crippen LogP contribution in [-0.4, -0.2) is 24.4 Å². The number of primary amides is 2. The van der Waals surface area contributed by atoms with E-state index < -0.39 is 17.8 Å². The van der Waals surface area contributed by atoms with Crippen LogP contribution >= 0.6 is 0 Å². The molecule has 17 heavy (non-hydrogen) atoms. The van der Waals surface area contributed by atoms with Crippen molar-refractivity contribution in [3.63, 3.8) is 0 Å². The van der Waals surface area contributed by atoms with E-state index in [-0.39, 0.29) is 5.92 Å². The van der Waals surface area contributed by atoms with Crippen molar-refractivity contribution >= 4 is 12.2 Å². The van der Waals surface area contributed by atoms with Gasteiger partial charge in [-0.05, 0) is 39.0 Å². The van der Waals surface area contributed by atoms with E-state index in [0.717, 1.165) is 19.3 Å². The highest BCUT2D eigenvalue weighted by molar-refractivity contribution is 5.65. The van der Waals surface area contributed by atoms with Crippen molar-refractivity contribution < 1.29 is 19.1 Å². The molecule has 6 heteroatoms. The molecule has 2 amide bonds. The lowest BCUT2D eigenvalue weighted by Gasteiger charge is -2.30. The number of hydrogen-bond donors (Lipinski definition) is 2. The third-order valence-corrected chi connectivity index (χ3v) is 2.83. The van der Waals surface area contributed by atoms with Crippen LogP contribution in [-0.2, 0) is 9.47 Å². The zero-order valence-electron chi connectivity index (χ0n) is 10.7. The van der Waals surface area contributed by atoms with Gasteiger partial charge in [0, 0.05) is 0 Å². The lowest BCUT2D eigenvalue weighted by atomic mass is 9.88. The number of amides is 2. The van der Waals surface area contributed by atoms with Crippen LogP contribution in [0, 0.1) is 5.92 Å². The quantitative estimate of drug-likeness (QED) is 0.668. The Kier molecular flexibility index (Phi) is 6.38. The molecular formula is C11H22N2O4. The SMILES string of the molecule is CC(CCCCOC(N)=O)C(C)(C)OC(N)=O. The maximum absolute atomic E-state index is 10.7. The first kappa shape index (κ1) is 15.5. The summed E-state index contributed by atoms with van der Waals surface area (Å²) in [6.45, 7) is 5.95. The van der Waals surface area contributed by atoms with E-state index in [1.165, 1.54) is 0 Å². The average Bonchev–Trinajstić information content (AvgIpc) is 2.14. The van der Waals surface area contributed by atoms with Crippen LogP contribution in [0.1, 0.15) is 40.0 Å². The summed E-state index contributed by atoms with van der Waals surface area (Å²) in [5.74, 6) is 0.170. The van der Waals surface area contributed by atoms with Crippen molar-refractivity contribution in [2.45, 2.75) is 45.6 Å². The summed E-state index contributed by atoms with van der Waals surface area (Å²) in [6.07, 6.45) is 0.928. The Hall–Kier alpha value is -1.46. The van der Waals surface area contributed by atoms with Gasteiger partial charge >= 0.3 is 12.2 Å². The second-order valence-electron chi connectivity index (χ2n) is 4.59. The number of rotatable bonds is 7. The van der Waals surface area contributed by atoms with Crippen molar-refractivity contribution in [3.05, 3.63) is 0 Å². The smallest absolute Gasteiger partial charge is 0.405 e. The van der Waals surface area contributed by atoms with E-state index >= 15 is 0 Å². The van der Waals surface area contributed by atoms with Gasteiger partial charge in [0.05, 0.1) is 6.61 Å². The fourth-order valence-electron chi connectivity index (χ4n) is 1.43. The van der Waals surface area contributed by atoms with Gasteiger partial charge in [-0.3, -0.25) is 0 Å². The molecule has 0 fully saturated rings. The monoisotopic (exact) mass is 246 g/mol. The molecule has 0 saturated heterocycles. The van der Waals surface area contributed by atoms with Gasteiger partial charge in [-0.1, -0.05) is 6.92 Å². The summed E-state index contributed by atoms with van der Waals surface area (Å²) in [4.78, 5) is 21.0. The molecule has 0 heterocycles. The summed E-state index contributed by atoms with van der Waals surface area (Å²) in [6, 6.07) is 0. The Morgan fingerprint density at radius 3 is 2.24 bits per heavy atom. The molecule has 0 aliphatic rings. The molecule has 0 aliphatic carbocycles. The molecule has 0 saturated carbocycles. The van der Waals surface area contributed by atoms with Crippen LogP contribution < -0.4 is 11.5 Å². The lowest BCUT2D eigenvalue weighted by molar-refractivity contribution is 0.000824. The van der Waals surface area contributed by atoms with Crippen LogP contribution in [0.15, 0.2) is 0 Å². The average molecular weight is 246 g/mol. The van der Waals surface area contributed by atoms with E-state index in [4.69, 9.17) is 16.2 Å². The van der Waals surface area contributed by atoms with Gasteiger partial charge in [0.15, 0.2) is 0 Å². The number of unbranched alkanes of at least 4 members (excludes halogenated alkanes) is 1. The minimum absolute atomic E-state index is 0.170. The fraction of sp³-hybridized carbons (Fsp3) is 0.818. The summed E-state index contributed by atoms with van der Waals surface area (Å²) >= 11 is 0. The number of ether oxygens (including phenoxy) is 2. The second kappa shape index (κ2) is 6.98. The van der Waals surface area contributed by atoms with Crippen LogP contribution in [0.3, 0.4) is 0 Å². The van der Waals surface area contributed by atoms with E-state index in [1.54, 1.807) is 0 Å². The molecule has 4 N–H and O–H groups in total. The summed E-state index contributed by atoms with van der Waals surface area (Å²) in [5, 5.41) is 0. The Bertz CT molecular complexity index is 266. The minimum Gasteiger partial charge on any atom is -0.450 e. The topological polar surface area (TPSA) is 105 Å². The first-order valence-electron chi connectivity index (χ1n) is 5.66. The van der Waals surface area contributed by atoms with Crippen molar-refractivity contribution in [3.8, 4) is 0 Å². The van der Waals surface area contributed by atoms with Crippen LogP contribution in [0.25, 0.3) is 0 Å². The Labute approximate surface area is 102 Å². The van der Waals surface area contributed by atoms with E-state index in [0.29, 0.717) is 6.61 Å². The molecule has 6 nitrogen and oxygen atoms in total. The van der Waals surface area contributed by atoms with E-state index in [2.05, 4.69) is 4.74 Å². The number of nitrogens with two attached hydrogens (primary N) is 2. The van der Waals surface area contributed by atoms with E-state index in [1.807, 2.05) is 20.8 Å². The van der Waals surface area contributed by atoms with Gasteiger partial charge in [-0.15, -0.1) is 0 Å². The van der Waals surface area contributed by atoms with Gasteiger partial charge in [-0.2, -0.15) is 0 Å². The van der Waals surface area contributed by atoms with Crippen LogP contribution in [0.5, 0.6) is 0 Å². The second-order valence-corrected chi connectivity index (χ2v) is 4.59. The van der Waals surface area contributed by atoms with Crippen molar-refractivity contribution in [2.24, 2.45) is 17.4 Å². The molecule has 1 unspecified atom stereocenters. The summed E-state index contributed by atoms with van der Waals surface area (Å²) in [5.41, 5.74) is 9.23. The van der Waals surface area contributed by atoms with Gasteiger partial charge in [0.25, 0.3) is 0 Å². The molecule has 0 bridgehead atoms. The van der Waals surface area contributed by atoms with Crippen molar-refractivity contribution in [2.75, 3.05) is 6.61 Å². The number of carbonyl (C=O) groups is 2. The molecule has 100 valence electrons. The van der Waals surface area contributed by atoms with Gasteiger partial charge in [0.2, 0.25) is 0 Å². The largest absolute Gasteiger partial charge is 0.450 e. The van der Waals surface area contributed by atoms with E-state index in [9.17, 15) is 9.59 Å². The summed E-state index contributed by atoms with van der Waals surface area (Å²) < 4.78 is 9.64. The molecule has 0 aromatic rings. The lowest BCUT2D eigenvalue weighted by Crippen LogP contribution is -2.37. The van der Waals surface area contributed by atoms with Gasteiger partial charge < -0.3 is 20.9 Å². The Morgan fingerprint density at radius 1 is 1.18 bits per heavy atom. The van der Waals surface area contributed by atoms with Crippen LogP contribution in [0.2, 0.25) is 0 Å². The molecule has 0 aliphatic heterocycles. The molecule has 1 atom stereocenters. The summed E-state index contributed by atoms with van der Waals surface area (Å²) in [7, 11) is 0. The molecule has 0 radical (unpaired) electrons. The Balaban J connectivity index is 3.80. The maximum atomic E-state index is 10.7. The first-order valence-corrected chi connectivity index (χ1v) is 5.66. The molecule has 0 aromatic carbocycles. The third-order valence-electron chi connectivity index (χ3n) is 2.83. The van der Waals surface area contributed by atoms with Crippen LogP contribution in [0.4, 0.5) is 9.59 Å². The predicted octanol–water partition coefficient (Wildman–Crippen LogP) is 1.76. The highest BCUT2D eigenvalue weighted by atomic mass is 16.6. The number of carbonyl (C=O) groups excluding carboxylic acids is 2. The third kappa shape index (κ3) is 7.43. The highest BCUT2D eigenvalue weighted by Crippen LogP contribution is 2.25. The molecule has 0 aromatic heterocycles. The minimum atomic E-state index is -0.765. The molecule has 0 rings (SSSR count). The predicted molar refractivity (Wildman–Crippen MR) is 63.3 cm³/mol. The van der Waals surface area contributed by atoms with Crippen molar-refractivity contribution in [1.29, 1.82) is 0 Å². The van der Waals surface area contributed by atoms with Gasteiger partial charge in [0.1, 0.15) is 5.60 Å².